The fourth-order valence-electron chi connectivity index (χ4n) is 5.04. The predicted octanol–water partition coefficient (Wildman–Crippen LogP) is 5.40. The van der Waals surface area contributed by atoms with E-state index in [1.54, 1.807) is 0 Å². The first-order chi connectivity index (χ1) is 14.7. The molecule has 3 aromatic rings. The van der Waals surface area contributed by atoms with E-state index in [0.717, 1.165) is 38.5 Å². The molecule has 1 N–H and O–H groups in total. The SMILES string of the molecule is CC(C)(C)OC(=O)N1C2S[C@]2(c2nc3c(ccc4cc(Br)ccc43)[nH]2)C[C@@H]2COC[C@@H]21. The van der Waals surface area contributed by atoms with Crippen molar-refractivity contribution in [2.45, 2.75) is 49.0 Å². The lowest BCUT2D eigenvalue weighted by molar-refractivity contribution is 0.00106. The number of fused-ring (bicyclic) bond motifs is 5. The van der Waals surface area contributed by atoms with Crippen LogP contribution in [0.5, 0.6) is 0 Å². The zero-order valence-electron chi connectivity index (χ0n) is 17.6. The summed E-state index contributed by atoms with van der Waals surface area (Å²) in [7, 11) is 0. The molecular formula is C23H24BrN3O3S. The van der Waals surface area contributed by atoms with E-state index in [-0.39, 0.29) is 22.3 Å². The Morgan fingerprint density at radius 1 is 1.32 bits per heavy atom. The average Bonchev–Trinajstić information content (AvgIpc) is 3.04. The third-order valence-corrected chi connectivity index (χ3v) is 8.53. The highest BCUT2D eigenvalue weighted by molar-refractivity contribution is 9.10. The lowest BCUT2D eigenvalue weighted by atomic mass is 9.84. The summed E-state index contributed by atoms with van der Waals surface area (Å²) in [6.07, 6.45) is 0.703. The Labute approximate surface area is 193 Å². The van der Waals surface area contributed by atoms with E-state index in [1.807, 2.05) is 37.4 Å². The van der Waals surface area contributed by atoms with Crippen LogP contribution in [0, 0.1) is 5.92 Å². The van der Waals surface area contributed by atoms with Crippen molar-refractivity contribution >= 4 is 55.6 Å². The molecule has 1 unspecified atom stereocenters. The van der Waals surface area contributed by atoms with Gasteiger partial charge in [0, 0.05) is 15.8 Å². The quantitative estimate of drug-likeness (QED) is 0.452. The Bertz CT molecular complexity index is 1220. The molecule has 8 heteroatoms. The first-order valence-electron chi connectivity index (χ1n) is 10.6. The number of hydrogen-bond acceptors (Lipinski definition) is 5. The zero-order chi connectivity index (χ0) is 21.5. The van der Waals surface area contributed by atoms with Crippen LogP contribution in [0.3, 0.4) is 0 Å². The fraction of sp³-hybridized carbons (Fsp3) is 0.478. The van der Waals surface area contributed by atoms with Gasteiger partial charge in [0.2, 0.25) is 0 Å². The summed E-state index contributed by atoms with van der Waals surface area (Å²) in [5, 5.41) is 2.30. The molecule has 0 bridgehead atoms. The van der Waals surface area contributed by atoms with Crippen LogP contribution in [0.2, 0.25) is 0 Å². The van der Waals surface area contributed by atoms with Gasteiger partial charge in [-0.2, -0.15) is 0 Å². The number of halogens is 1. The van der Waals surface area contributed by atoms with E-state index in [4.69, 9.17) is 14.5 Å². The van der Waals surface area contributed by atoms with Crippen LogP contribution in [0.15, 0.2) is 34.8 Å². The maximum atomic E-state index is 13.1. The Hall–Kier alpha value is -1.77. The van der Waals surface area contributed by atoms with E-state index in [0.29, 0.717) is 19.1 Å². The first-order valence-corrected chi connectivity index (χ1v) is 12.3. The minimum Gasteiger partial charge on any atom is -0.444 e. The van der Waals surface area contributed by atoms with Gasteiger partial charge in [0.1, 0.15) is 21.5 Å². The Morgan fingerprint density at radius 3 is 2.97 bits per heavy atom. The molecule has 4 heterocycles. The number of carbonyl (C=O) groups is 1. The first kappa shape index (κ1) is 19.9. The van der Waals surface area contributed by atoms with Gasteiger partial charge in [-0.25, -0.2) is 9.78 Å². The highest BCUT2D eigenvalue weighted by Crippen LogP contribution is 2.69. The number of benzene rings is 2. The summed E-state index contributed by atoms with van der Waals surface area (Å²) in [4.78, 5) is 23.7. The van der Waals surface area contributed by atoms with Crippen LogP contribution in [-0.2, 0) is 14.2 Å². The Kier molecular flexibility index (Phi) is 4.25. The van der Waals surface area contributed by atoms with E-state index in [2.05, 4.69) is 51.2 Å². The molecule has 162 valence electrons. The van der Waals surface area contributed by atoms with Crippen molar-refractivity contribution in [3.05, 3.63) is 40.6 Å². The summed E-state index contributed by atoms with van der Waals surface area (Å²) in [5.74, 6) is 1.24. The van der Waals surface area contributed by atoms with Crippen LogP contribution in [0.25, 0.3) is 21.8 Å². The smallest absolute Gasteiger partial charge is 0.411 e. The topological polar surface area (TPSA) is 67.5 Å². The minimum absolute atomic E-state index is 0.0197. The molecule has 6 nitrogen and oxygen atoms in total. The number of imidazole rings is 1. The van der Waals surface area contributed by atoms with Crippen LogP contribution < -0.4 is 0 Å². The number of amides is 1. The van der Waals surface area contributed by atoms with E-state index in [1.165, 1.54) is 0 Å². The Morgan fingerprint density at radius 2 is 2.16 bits per heavy atom. The lowest BCUT2D eigenvalue weighted by Gasteiger charge is -2.38. The molecule has 3 aliphatic rings. The number of aromatic amines is 1. The summed E-state index contributed by atoms with van der Waals surface area (Å²) in [6.45, 7) is 6.99. The normalized spacial score (nSPS) is 29.8. The molecule has 2 aromatic carbocycles. The monoisotopic (exact) mass is 501 g/mol. The molecule has 0 saturated carbocycles. The number of nitrogens with one attached hydrogen (secondary N) is 1. The molecule has 3 fully saturated rings. The summed E-state index contributed by atoms with van der Waals surface area (Å²) < 4.78 is 12.4. The van der Waals surface area contributed by atoms with E-state index in [9.17, 15) is 4.79 Å². The second-order valence-corrected chi connectivity index (χ2v) is 12.1. The number of piperidine rings is 1. The van der Waals surface area contributed by atoms with Crippen LogP contribution in [0.1, 0.15) is 33.0 Å². The molecule has 1 amide bonds. The zero-order valence-corrected chi connectivity index (χ0v) is 20.0. The average molecular weight is 502 g/mol. The van der Waals surface area contributed by atoms with Crippen LogP contribution in [-0.4, -0.2) is 51.2 Å². The maximum absolute atomic E-state index is 13.1. The largest absolute Gasteiger partial charge is 0.444 e. The molecule has 1 aromatic heterocycles. The van der Waals surface area contributed by atoms with Crippen molar-refractivity contribution in [2.75, 3.05) is 13.2 Å². The second kappa shape index (κ2) is 6.62. The van der Waals surface area contributed by atoms with Crippen LogP contribution in [0.4, 0.5) is 4.79 Å². The minimum atomic E-state index is -0.530. The molecule has 3 saturated heterocycles. The van der Waals surface area contributed by atoms with Gasteiger partial charge in [0.05, 0.1) is 30.3 Å². The molecule has 0 radical (unpaired) electrons. The molecule has 4 atom stereocenters. The van der Waals surface area contributed by atoms with Gasteiger partial charge in [0.25, 0.3) is 0 Å². The van der Waals surface area contributed by atoms with Crippen molar-refractivity contribution in [3.8, 4) is 0 Å². The molecular weight excluding hydrogens is 478 g/mol. The number of nitrogens with zero attached hydrogens (tertiary/aromatic N) is 2. The maximum Gasteiger partial charge on any atom is 0.411 e. The fourth-order valence-corrected chi connectivity index (χ4v) is 6.94. The highest BCUT2D eigenvalue weighted by Gasteiger charge is 2.69. The van der Waals surface area contributed by atoms with Gasteiger partial charge in [0.15, 0.2) is 0 Å². The van der Waals surface area contributed by atoms with Gasteiger partial charge in [-0.15, -0.1) is 11.8 Å². The third-order valence-electron chi connectivity index (χ3n) is 6.44. The van der Waals surface area contributed by atoms with Gasteiger partial charge >= 0.3 is 6.09 Å². The molecule has 6 rings (SSSR count). The lowest BCUT2D eigenvalue weighted by Crippen LogP contribution is -2.53. The molecule has 31 heavy (non-hydrogen) atoms. The number of ether oxygens (including phenoxy) is 2. The van der Waals surface area contributed by atoms with Gasteiger partial charge < -0.3 is 14.5 Å². The number of hydrogen-bond donors (Lipinski definition) is 1. The molecule has 0 aliphatic carbocycles. The third kappa shape index (κ3) is 3.09. The summed E-state index contributed by atoms with van der Waals surface area (Å²) in [6, 6.07) is 10.6. The highest BCUT2D eigenvalue weighted by atomic mass is 79.9. The van der Waals surface area contributed by atoms with E-state index >= 15 is 0 Å². The number of rotatable bonds is 1. The number of H-pyrrole nitrogens is 1. The Balaban J connectivity index is 1.41. The predicted molar refractivity (Wildman–Crippen MR) is 125 cm³/mol. The second-order valence-electron chi connectivity index (χ2n) is 9.73. The number of carbonyl (C=O) groups excluding carboxylic acids is 1. The number of likely N-dealkylation sites (tertiary alicyclic amines) is 1. The van der Waals surface area contributed by atoms with Gasteiger partial charge in [-0.1, -0.05) is 28.1 Å². The number of aromatic nitrogens is 2. The van der Waals surface area contributed by atoms with Crippen molar-refractivity contribution in [1.29, 1.82) is 0 Å². The summed E-state index contributed by atoms with van der Waals surface area (Å²) >= 11 is 5.36. The van der Waals surface area contributed by atoms with E-state index < -0.39 is 5.60 Å². The summed E-state index contributed by atoms with van der Waals surface area (Å²) in [5.41, 5.74) is 1.48. The van der Waals surface area contributed by atoms with Crippen molar-refractivity contribution in [1.82, 2.24) is 14.9 Å². The van der Waals surface area contributed by atoms with Crippen molar-refractivity contribution < 1.29 is 14.3 Å². The standard InChI is InChI=1S/C23H24BrN3O3S/c1-22(2,3)30-21(28)27-17-11-29-10-13(17)9-23(20(27)31-23)19-25-16-7-4-12-8-14(24)5-6-15(12)18(16)26-19/h4-8,13,17,20H,9-11H2,1-3H3,(H,25,26)/t13-,17+,20?,23+/m1/s1. The number of thioether (sulfide) groups is 1. The van der Waals surface area contributed by atoms with Crippen molar-refractivity contribution in [3.63, 3.8) is 0 Å². The molecule has 0 spiro atoms. The van der Waals surface area contributed by atoms with Crippen LogP contribution >= 0.6 is 27.7 Å². The molecule has 3 aliphatic heterocycles. The van der Waals surface area contributed by atoms with Gasteiger partial charge in [-0.3, -0.25) is 4.90 Å². The van der Waals surface area contributed by atoms with Crippen molar-refractivity contribution in [2.24, 2.45) is 5.92 Å². The van der Waals surface area contributed by atoms with Gasteiger partial charge in [-0.05, 0) is 50.8 Å².